The van der Waals surface area contributed by atoms with Gasteiger partial charge in [-0.15, -0.1) is 0 Å². The maximum absolute atomic E-state index is 12.7. The molecule has 2 aliphatic rings. The van der Waals surface area contributed by atoms with Crippen molar-refractivity contribution in [3.8, 4) is 5.75 Å². The van der Waals surface area contributed by atoms with E-state index in [4.69, 9.17) is 14.2 Å². The first-order valence-electron chi connectivity index (χ1n) is 9.41. The number of hydrogen-bond acceptors (Lipinski definition) is 7. The number of carbonyl (C=O) groups is 1. The molecule has 1 aromatic heterocycles. The fourth-order valence-electron chi connectivity index (χ4n) is 3.54. The summed E-state index contributed by atoms with van der Waals surface area (Å²) in [4.78, 5) is 23.8. The monoisotopic (exact) mass is 384 g/mol. The van der Waals surface area contributed by atoms with Crippen molar-refractivity contribution < 1.29 is 19.0 Å². The maximum Gasteiger partial charge on any atom is 0.274 e. The molecule has 3 heterocycles. The lowest BCUT2D eigenvalue weighted by atomic mass is 10.0. The van der Waals surface area contributed by atoms with E-state index in [-0.39, 0.29) is 5.91 Å². The lowest BCUT2D eigenvalue weighted by molar-refractivity contribution is -0.169. The fraction of sp³-hybridized carbons (Fsp3) is 0.450. The number of carbonyl (C=O) groups excluding carboxylic acids is 1. The SMILES string of the molecule is COc1cccc(NC(=O)c2cc(C)nc(N3CCC4(CC3)OCCO4)n2)c1. The number of aromatic nitrogens is 2. The number of nitrogens with one attached hydrogen (secondary N) is 1. The third kappa shape index (κ3) is 3.93. The van der Waals surface area contributed by atoms with Crippen LogP contribution < -0.4 is 15.0 Å². The Balaban J connectivity index is 1.48. The Morgan fingerprint density at radius 2 is 1.93 bits per heavy atom. The second-order valence-corrected chi connectivity index (χ2v) is 6.98. The van der Waals surface area contributed by atoms with Crippen molar-refractivity contribution in [2.45, 2.75) is 25.6 Å². The molecule has 0 bridgehead atoms. The van der Waals surface area contributed by atoms with Crippen molar-refractivity contribution in [3.63, 3.8) is 0 Å². The average molecular weight is 384 g/mol. The van der Waals surface area contributed by atoms with Crippen molar-refractivity contribution in [1.29, 1.82) is 0 Å². The third-order valence-corrected chi connectivity index (χ3v) is 5.02. The van der Waals surface area contributed by atoms with Gasteiger partial charge in [-0.3, -0.25) is 4.79 Å². The molecule has 28 heavy (non-hydrogen) atoms. The molecule has 0 atom stereocenters. The van der Waals surface area contributed by atoms with E-state index in [1.165, 1.54) is 0 Å². The molecule has 2 saturated heterocycles. The summed E-state index contributed by atoms with van der Waals surface area (Å²) >= 11 is 0. The summed E-state index contributed by atoms with van der Waals surface area (Å²) in [7, 11) is 1.59. The molecular weight excluding hydrogens is 360 g/mol. The van der Waals surface area contributed by atoms with Crippen molar-refractivity contribution in [2.75, 3.05) is 43.6 Å². The van der Waals surface area contributed by atoms with Crippen molar-refractivity contribution in [3.05, 3.63) is 41.7 Å². The zero-order valence-electron chi connectivity index (χ0n) is 16.1. The minimum absolute atomic E-state index is 0.282. The lowest BCUT2D eigenvalue weighted by Gasteiger charge is -2.37. The van der Waals surface area contributed by atoms with Gasteiger partial charge < -0.3 is 24.4 Å². The Hall–Kier alpha value is -2.71. The quantitative estimate of drug-likeness (QED) is 0.866. The molecule has 0 unspecified atom stereocenters. The summed E-state index contributed by atoms with van der Waals surface area (Å²) in [5.74, 6) is 0.503. The van der Waals surface area contributed by atoms with Crippen LogP contribution >= 0.6 is 0 Å². The van der Waals surface area contributed by atoms with E-state index in [2.05, 4.69) is 20.2 Å². The molecule has 1 amide bonds. The van der Waals surface area contributed by atoms with Crippen LogP contribution in [0.5, 0.6) is 5.75 Å². The molecule has 1 spiro atoms. The van der Waals surface area contributed by atoms with Crippen molar-refractivity contribution in [1.82, 2.24) is 9.97 Å². The van der Waals surface area contributed by atoms with Crippen LogP contribution in [-0.2, 0) is 9.47 Å². The Labute approximate surface area is 163 Å². The first-order valence-corrected chi connectivity index (χ1v) is 9.41. The van der Waals surface area contributed by atoms with Crippen LogP contribution in [0.25, 0.3) is 0 Å². The number of amides is 1. The first-order chi connectivity index (χ1) is 13.6. The van der Waals surface area contributed by atoms with Crippen molar-refractivity contribution in [2.24, 2.45) is 0 Å². The van der Waals surface area contributed by atoms with Crippen LogP contribution in [0, 0.1) is 6.92 Å². The van der Waals surface area contributed by atoms with E-state index < -0.39 is 5.79 Å². The highest BCUT2D eigenvalue weighted by Gasteiger charge is 2.40. The topological polar surface area (TPSA) is 85.8 Å². The normalized spacial score (nSPS) is 18.3. The molecule has 8 nitrogen and oxygen atoms in total. The Kier molecular flexibility index (Phi) is 5.15. The van der Waals surface area contributed by atoms with Crippen molar-refractivity contribution >= 4 is 17.5 Å². The van der Waals surface area contributed by atoms with Crippen LogP contribution in [0.2, 0.25) is 0 Å². The molecule has 2 fully saturated rings. The van der Waals surface area contributed by atoms with Gasteiger partial charge in [-0.25, -0.2) is 9.97 Å². The number of ether oxygens (including phenoxy) is 3. The van der Waals surface area contributed by atoms with Crippen LogP contribution in [0.4, 0.5) is 11.6 Å². The number of methoxy groups -OCH3 is 1. The van der Waals surface area contributed by atoms with Gasteiger partial charge in [-0.05, 0) is 25.1 Å². The first kappa shape index (κ1) is 18.6. The van der Waals surface area contributed by atoms with Crippen LogP contribution in [-0.4, -0.2) is 55.1 Å². The number of piperidine rings is 1. The summed E-state index contributed by atoms with van der Waals surface area (Å²) in [6, 6.07) is 8.90. The standard InChI is InChI=1S/C20H24N4O4/c1-14-12-17(18(25)22-15-4-3-5-16(13-15)26-2)23-19(21-14)24-8-6-20(7-9-24)27-10-11-28-20/h3-5,12-13H,6-11H2,1-2H3,(H,22,25). The lowest BCUT2D eigenvalue weighted by Crippen LogP contribution is -2.45. The molecule has 2 aliphatic heterocycles. The fourth-order valence-corrected chi connectivity index (χ4v) is 3.54. The van der Waals surface area contributed by atoms with Gasteiger partial charge >= 0.3 is 0 Å². The molecule has 4 rings (SSSR count). The third-order valence-electron chi connectivity index (χ3n) is 5.02. The number of hydrogen-bond donors (Lipinski definition) is 1. The summed E-state index contributed by atoms with van der Waals surface area (Å²) in [5, 5.41) is 2.86. The molecule has 1 N–H and O–H groups in total. The number of aryl methyl sites for hydroxylation is 1. The summed E-state index contributed by atoms with van der Waals surface area (Å²) in [6.07, 6.45) is 1.52. The zero-order valence-corrected chi connectivity index (χ0v) is 16.1. The molecular formula is C20H24N4O4. The number of nitrogens with zero attached hydrogens (tertiary/aromatic N) is 3. The van der Waals surface area contributed by atoms with E-state index in [9.17, 15) is 4.79 Å². The molecule has 0 saturated carbocycles. The van der Waals surface area contributed by atoms with Crippen LogP contribution in [0.1, 0.15) is 29.0 Å². The second-order valence-electron chi connectivity index (χ2n) is 6.98. The minimum Gasteiger partial charge on any atom is -0.497 e. The summed E-state index contributed by atoms with van der Waals surface area (Å²) < 4.78 is 16.7. The van der Waals surface area contributed by atoms with Gasteiger partial charge in [0.15, 0.2) is 5.79 Å². The van der Waals surface area contributed by atoms with E-state index in [1.807, 2.05) is 19.1 Å². The van der Waals surface area contributed by atoms with Crippen LogP contribution in [0.15, 0.2) is 30.3 Å². The van der Waals surface area contributed by atoms with Gasteiger partial charge in [0, 0.05) is 43.4 Å². The second kappa shape index (κ2) is 7.73. The van der Waals surface area contributed by atoms with Gasteiger partial charge in [0.05, 0.1) is 20.3 Å². The van der Waals surface area contributed by atoms with E-state index in [0.29, 0.717) is 36.3 Å². The smallest absolute Gasteiger partial charge is 0.274 e. The summed E-state index contributed by atoms with van der Waals surface area (Å²) in [6.45, 7) is 4.61. The van der Waals surface area contributed by atoms with E-state index in [0.717, 1.165) is 31.6 Å². The molecule has 1 aromatic carbocycles. The van der Waals surface area contributed by atoms with Gasteiger partial charge in [0.2, 0.25) is 5.95 Å². The van der Waals surface area contributed by atoms with Gasteiger partial charge in [0.25, 0.3) is 5.91 Å². The Morgan fingerprint density at radius 1 is 1.18 bits per heavy atom. The average Bonchev–Trinajstić information content (AvgIpc) is 3.16. The molecule has 0 aliphatic carbocycles. The predicted octanol–water partition coefficient (Wildman–Crippen LogP) is 2.39. The Morgan fingerprint density at radius 3 is 2.64 bits per heavy atom. The van der Waals surface area contributed by atoms with E-state index in [1.54, 1.807) is 25.3 Å². The zero-order chi connectivity index (χ0) is 19.6. The van der Waals surface area contributed by atoms with Crippen LogP contribution in [0.3, 0.4) is 0 Å². The van der Waals surface area contributed by atoms with Gasteiger partial charge in [-0.2, -0.15) is 0 Å². The highest BCUT2D eigenvalue weighted by atomic mass is 16.7. The number of benzene rings is 1. The number of rotatable bonds is 4. The predicted molar refractivity (Wildman–Crippen MR) is 104 cm³/mol. The Bertz CT molecular complexity index is 857. The molecule has 2 aromatic rings. The largest absolute Gasteiger partial charge is 0.497 e. The number of anilines is 2. The molecule has 8 heteroatoms. The molecule has 148 valence electrons. The highest BCUT2D eigenvalue weighted by molar-refractivity contribution is 6.03. The minimum atomic E-state index is -0.451. The van der Waals surface area contributed by atoms with E-state index >= 15 is 0 Å². The van der Waals surface area contributed by atoms with Gasteiger partial charge in [0.1, 0.15) is 11.4 Å². The van der Waals surface area contributed by atoms with Gasteiger partial charge in [-0.1, -0.05) is 6.07 Å². The summed E-state index contributed by atoms with van der Waals surface area (Å²) in [5.41, 5.74) is 1.73. The molecule has 0 radical (unpaired) electrons. The maximum atomic E-state index is 12.7. The highest BCUT2D eigenvalue weighted by Crippen LogP contribution is 2.32.